The number of hydrogen-bond donors (Lipinski definition) is 1. The maximum atomic E-state index is 14.5. The molecule has 0 bridgehead atoms. The predicted octanol–water partition coefficient (Wildman–Crippen LogP) is 7.69. The van der Waals surface area contributed by atoms with Crippen LogP contribution < -0.4 is 14.2 Å². The highest BCUT2D eigenvalue weighted by molar-refractivity contribution is 7.22. The second kappa shape index (κ2) is 17.6. The number of carboxylic acids is 1. The summed E-state index contributed by atoms with van der Waals surface area (Å²) in [6, 6.07) is 12.0. The number of likely N-dealkylation sites (N-methyl/N-ethyl adjacent to an activating group) is 1. The van der Waals surface area contributed by atoms with Crippen molar-refractivity contribution in [2.45, 2.75) is 58.3 Å². The van der Waals surface area contributed by atoms with Crippen molar-refractivity contribution >= 4 is 39.1 Å². The third-order valence-electron chi connectivity index (χ3n) is 10.2. The molecule has 5 heterocycles. The lowest BCUT2D eigenvalue weighted by Crippen LogP contribution is -2.45. The summed E-state index contributed by atoms with van der Waals surface area (Å²) in [6.07, 6.45) is 4.64. The van der Waals surface area contributed by atoms with E-state index in [4.69, 9.17) is 30.5 Å². The second-order valence-corrected chi connectivity index (χ2v) is 15.3. The van der Waals surface area contributed by atoms with Crippen LogP contribution in [0.4, 0.5) is 4.39 Å². The Kier molecular flexibility index (Phi) is 12.4. The number of carbonyl (C=O) groups is 1. The molecule has 2 atom stereocenters. The van der Waals surface area contributed by atoms with E-state index >= 15 is 0 Å². The minimum Gasteiger partial charge on any atom is -0.478 e. The number of aryl methyl sites for hydroxylation is 1. The van der Waals surface area contributed by atoms with Crippen molar-refractivity contribution in [2.24, 2.45) is 0 Å². The number of carboxylic acid groups (broad SMARTS) is 1. The Bertz CT molecular complexity index is 2140. The van der Waals surface area contributed by atoms with Gasteiger partial charge in [-0.25, -0.2) is 24.1 Å². The Balaban J connectivity index is 1.26. The smallest absolute Gasteiger partial charge is 0.345 e. The molecule has 0 spiro atoms. The summed E-state index contributed by atoms with van der Waals surface area (Å²) < 4.78 is 39.0. The summed E-state index contributed by atoms with van der Waals surface area (Å²) >= 11 is 8.40. The molecule has 0 saturated carbocycles. The van der Waals surface area contributed by atoms with E-state index in [0.717, 1.165) is 68.0 Å². The van der Waals surface area contributed by atoms with E-state index in [1.807, 2.05) is 38.1 Å². The van der Waals surface area contributed by atoms with Gasteiger partial charge in [-0.05, 0) is 73.7 Å². The molecule has 11 nitrogen and oxygen atoms in total. The van der Waals surface area contributed by atoms with Gasteiger partial charge in [-0.2, -0.15) is 0 Å². The molecule has 290 valence electrons. The Morgan fingerprint density at radius 3 is 2.65 bits per heavy atom. The Labute approximate surface area is 329 Å². The fraction of sp³-hybridized carbons (Fsp3) is 0.415. The van der Waals surface area contributed by atoms with E-state index < -0.39 is 18.4 Å². The number of para-hydroxylation sites is 1. The summed E-state index contributed by atoms with van der Waals surface area (Å²) in [5.74, 6) is -0.548. The molecule has 2 aliphatic rings. The van der Waals surface area contributed by atoms with Gasteiger partial charge in [-0.3, -0.25) is 4.90 Å². The first-order valence-electron chi connectivity index (χ1n) is 18.7. The topological polar surface area (TPSA) is 119 Å². The van der Waals surface area contributed by atoms with Crippen LogP contribution in [0, 0.1) is 12.7 Å². The van der Waals surface area contributed by atoms with E-state index in [-0.39, 0.29) is 18.1 Å². The van der Waals surface area contributed by atoms with Gasteiger partial charge in [0, 0.05) is 67.8 Å². The molecule has 14 heteroatoms. The highest BCUT2D eigenvalue weighted by Gasteiger charge is 2.29. The third-order valence-corrected chi connectivity index (χ3v) is 11.8. The Morgan fingerprint density at radius 1 is 1.07 bits per heavy atom. The van der Waals surface area contributed by atoms with Crippen molar-refractivity contribution < 1.29 is 33.2 Å². The van der Waals surface area contributed by atoms with Gasteiger partial charge in [-0.1, -0.05) is 42.8 Å². The van der Waals surface area contributed by atoms with Crippen LogP contribution in [0.25, 0.3) is 31.8 Å². The first-order valence-corrected chi connectivity index (χ1v) is 19.9. The molecule has 1 unspecified atom stereocenters. The highest BCUT2D eigenvalue weighted by atomic mass is 35.5. The predicted molar refractivity (Wildman–Crippen MR) is 211 cm³/mol. The van der Waals surface area contributed by atoms with Gasteiger partial charge in [0.1, 0.15) is 34.4 Å². The van der Waals surface area contributed by atoms with Crippen LogP contribution >= 0.6 is 22.9 Å². The summed E-state index contributed by atoms with van der Waals surface area (Å²) in [5, 5.41) is 11.4. The van der Waals surface area contributed by atoms with Gasteiger partial charge in [0.05, 0.1) is 12.0 Å². The summed E-state index contributed by atoms with van der Waals surface area (Å²) in [7, 11) is 2.12. The minimum atomic E-state index is -1.33. The lowest BCUT2D eigenvalue weighted by Gasteiger charge is -2.32. The number of halogens is 2. The maximum Gasteiger partial charge on any atom is 0.345 e. The number of benzene rings is 2. The molecule has 0 aliphatic carbocycles. The van der Waals surface area contributed by atoms with Crippen LogP contribution in [0.15, 0.2) is 55.0 Å². The molecule has 3 aromatic heterocycles. The molecule has 55 heavy (non-hydrogen) atoms. The van der Waals surface area contributed by atoms with Crippen LogP contribution in [0.5, 0.6) is 17.5 Å². The van der Waals surface area contributed by atoms with Crippen molar-refractivity contribution in [3.05, 3.63) is 82.5 Å². The largest absolute Gasteiger partial charge is 0.478 e. The number of rotatable bonds is 14. The van der Waals surface area contributed by atoms with Crippen LogP contribution in [-0.2, 0) is 22.4 Å². The Hall–Kier alpha value is -4.40. The highest BCUT2D eigenvalue weighted by Crippen LogP contribution is 2.50. The average molecular weight is 790 g/mol. The van der Waals surface area contributed by atoms with Crippen LogP contribution in [0.1, 0.15) is 42.9 Å². The average Bonchev–Trinajstić information content (AvgIpc) is 3.58. The van der Waals surface area contributed by atoms with Crippen molar-refractivity contribution in [3.8, 4) is 39.1 Å². The molecular formula is C41H45ClFN5O6S. The maximum absolute atomic E-state index is 14.5. The van der Waals surface area contributed by atoms with Crippen molar-refractivity contribution in [2.75, 3.05) is 53.0 Å². The molecule has 0 amide bonds. The van der Waals surface area contributed by atoms with E-state index in [2.05, 4.69) is 31.8 Å². The summed E-state index contributed by atoms with van der Waals surface area (Å²) in [6.45, 7) is 9.63. The SMILES string of the molecule is CCc1cc(F)ccc1-c1sc2ncnc(O[C@H](Cc3ccccc3OC3CCCCO3)C(=O)O)c2c1-c1cnc(OCCN2CCN(C)CC2)c(Cl)c1C. The van der Waals surface area contributed by atoms with E-state index in [1.165, 1.54) is 29.8 Å². The number of fused-ring (bicyclic) bond motifs is 1. The number of pyridine rings is 1. The third kappa shape index (κ3) is 8.86. The first-order chi connectivity index (χ1) is 26.7. The van der Waals surface area contributed by atoms with Crippen LogP contribution in [0.3, 0.4) is 0 Å². The van der Waals surface area contributed by atoms with Gasteiger partial charge >= 0.3 is 5.97 Å². The fourth-order valence-electron chi connectivity index (χ4n) is 7.02. The van der Waals surface area contributed by atoms with E-state index in [1.54, 1.807) is 12.3 Å². The molecule has 0 radical (unpaired) electrons. The van der Waals surface area contributed by atoms with Gasteiger partial charge < -0.3 is 29.0 Å². The normalized spacial score (nSPS) is 17.3. The van der Waals surface area contributed by atoms with Crippen molar-refractivity contribution in [1.82, 2.24) is 24.8 Å². The van der Waals surface area contributed by atoms with E-state index in [9.17, 15) is 14.3 Å². The fourth-order valence-corrected chi connectivity index (χ4v) is 8.43. The number of thiophene rings is 1. The van der Waals surface area contributed by atoms with Crippen LogP contribution in [-0.4, -0.2) is 101 Å². The number of ether oxygens (including phenoxy) is 4. The summed E-state index contributed by atoms with van der Waals surface area (Å²) in [4.78, 5) is 32.7. The number of hydrogen-bond acceptors (Lipinski definition) is 11. The molecule has 7 rings (SSSR count). The molecule has 2 aromatic carbocycles. The zero-order valence-electron chi connectivity index (χ0n) is 31.2. The zero-order chi connectivity index (χ0) is 38.5. The number of aromatic nitrogens is 3. The zero-order valence-corrected chi connectivity index (χ0v) is 32.8. The molecule has 2 aliphatic heterocycles. The molecule has 5 aromatic rings. The van der Waals surface area contributed by atoms with Crippen molar-refractivity contribution in [1.29, 1.82) is 0 Å². The molecule has 2 fully saturated rings. The van der Waals surface area contributed by atoms with Gasteiger partial charge in [0.25, 0.3) is 0 Å². The molecule has 1 N–H and O–H groups in total. The molecule has 2 saturated heterocycles. The second-order valence-electron chi connectivity index (χ2n) is 13.9. The first kappa shape index (κ1) is 38.9. The number of aliphatic carboxylic acids is 1. The van der Waals surface area contributed by atoms with Gasteiger partial charge in [-0.15, -0.1) is 11.3 Å². The Morgan fingerprint density at radius 2 is 1.89 bits per heavy atom. The minimum absolute atomic E-state index is 0.000567. The monoisotopic (exact) mass is 789 g/mol. The number of piperazine rings is 1. The quantitative estimate of drug-likeness (QED) is 0.119. The lowest BCUT2D eigenvalue weighted by molar-refractivity contribution is -0.145. The molecular weight excluding hydrogens is 745 g/mol. The van der Waals surface area contributed by atoms with E-state index in [0.29, 0.717) is 68.8 Å². The van der Waals surface area contributed by atoms with Crippen LogP contribution in [0.2, 0.25) is 5.02 Å². The summed E-state index contributed by atoms with van der Waals surface area (Å²) in [5.41, 5.74) is 4.30. The standard InChI is InChI=1S/C41H45ClFN5O6S/c1-4-26-21-28(43)12-13-29(26)37-34(30-23-44-39(36(42)25(30)2)52-20-18-48-16-14-47(3)15-17-48)35-38(45-24-46-40(35)55-37)54-32(41(49)50)22-27-9-5-6-10-31(27)53-33-11-7-8-19-51-33/h5-6,9-10,12-13,21,23-24,32-33H,4,7-8,11,14-20,22H2,1-3H3,(H,49,50)/t32-,33?/m1/s1. The van der Waals surface area contributed by atoms with Crippen molar-refractivity contribution in [3.63, 3.8) is 0 Å². The lowest BCUT2D eigenvalue weighted by atomic mass is 9.95. The van der Waals surface area contributed by atoms with Gasteiger partial charge in [0.2, 0.25) is 17.9 Å². The van der Waals surface area contributed by atoms with Gasteiger partial charge in [0.15, 0.2) is 6.29 Å². The number of nitrogens with zero attached hydrogens (tertiary/aromatic N) is 5.